The van der Waals surface area contributed by atoms with Crippen LogP contribution in [0.2, 0.25) is 0 Å². The van der Waals surface area contributed by atoms with E-state index in [1.165, 1.54) is 16.7 Å². The van der Waals surface area contributed by atoms with Crippen molar-refractivity contribution in [1.82, 2.24) is 4.90 Å². The summed E-state index contributed by atoms with van der Waals surface area (Å²) < 4.78 is 21.9. The van der Waals surface area contributed by atoms with Gasteiger partial charge in [-0.25, -0.2) is 0 Å². The van der Waals surface area contributed by atoms with Gasteiger partial charge in [0.1, 0.15) is 11.5 Å². The fourth-order valence-corrected chi connectivity index (χ4v) is 5.64. The lowest BCUT2D eigenvalue weighted by Crippen LogP contribution is -2.33. The van der Waals surface area contributed by atoms with Crippen molar-refractivity contribution in [2.75, 3.05) is 39.9 Å². The van der Waals surface area contributed by atoms with Gasteiger partial charge in [-0.1, -0.05) is 38.1 Å². The molecule has 1 N–H and O–H groups in total. The van der Waals surface area contributed by atoms with Crippen molar-refractivity contribution < 1.29 is 18.9 Å². The van der Waals surface area contributed by atoms with Gasteiger partial charge < -0.3 is 29.2 Å². The van der Waals surface area contributed by atoms with Gasteiger partial charge in [0.25, 0.3) is 0 Å². The number of fused-ring (bicyclic) bond motifs is 2. The summed E-state index contributed by atoms with van der Waals surface area (Å²) in [6, 6.07) is 18.8. The van der Waals surface area contributed by atoms with Gasteiger partial charge in [0.2, 0.25) is 6.79 Å². The van der Waals surface area contributed by atoms with E-state index in [1.54, 1.807) is 14.2 Å². The summed E-state index contributed by atoms with van der Waals surface area (Å²) in [4.78, 5) is 2.11. The third-order valence-electron chi connectivity index (χ3n) is 7.88. The molecule has 1 heterocycles. The lowest BCUT2D eigenvalue weighted by Gasteiger charge is -2.25. The zero-order valence-electron chi connectivity index (χ0n) is 22.0. The average Bonchev–Trinajstić information content (AvgIpc) is 3.49. The molecule has 0 fully saturated rings. The van der Waals surface area contributed by atoms with E-state index >= 15 is 0 Å². The highest BCUT2D eigenvalue weighted by molar-refractivity contribution is 7.80. The van der Waals surface area contributed by atoms with E-state index in [1.807, 2.05) is 31.3 Å². The Bertz CT molecular complexity index is 1310. The van der Waals surface area contributed by atoms with Gasteiger partial charge in [0, 0.05) is 19.7 Å². The fraction of sp³-hybridized carbons (Fsp3) is 0.367. The molecule has 2 aliphatic rings. The molecule has 3 aromatic rings. The molecule has 2 unspecified atom stereocenters. The van der Waals surface area contributed by atoms with Gasteiger partial charge in [0.15, 0.2) is 16.6 Å². The van der Waals surface area contributed by atoms with Crippen LogP contribution in [0.5, 0.6) is 23.0 Å². The van der Waals surface area contributed by atoms with Crippen molar-refractivity contribution in [2.24, 2.45) is 5.92 Å². The van der Waals surface area contributed by atoms with Crippen LogP contribution in [0.25, 0.3) is 11.1 Å². The first-order chi connectivity index (χ1) is 17.9. The normalized spacial score (nSPS) is 19.3. The number of rotatable bonds is 7. The number of thiocarbonyl (C=S) groups is 1. The van der Waals surface area contributed by atoms with Gasteiger partial charge in [0.05, 0.1) is 19.9 Å². The second-order valence-electron chi connectivity index (χ2n) is 9.87. The minimum absolute atomic E-state index is 0.292. The van der Waals surface area contributed by atoms with E-state index in [0.717, 1.165) is 41.5 Å². The Morgan fingerprint density at radius 1 is 0.946 bits per heavy atom. The summed E-state index contributed by atoms with van der Waals surface area (Å²) >= 11 is 5.71. The number of hydrogen-bond donors (Lipinski definition) is 1. The maximum atomic E-state index is 5.71. The molecule has 0 amide bonds. The smallest absolute Gasteiger partial charge is 0.231 e. The predicted octanol–water partition coefficient (Wildman–Crippen LogP) is 6.66. The molecule has 0 bridgehead atoms. The van der Waals surface area contributed by atoms with Gasteiger partial charge in [-0.05, 0) is 82.9 Å². The van der Waals surface area contributed by atoms with Crippen LogP contribution in [0.3, 0.4) is 0 Å². The summed E-state index contributed by atoms with van der Waals surface area (Å²) in [5.41, 5.74) is 6.09. The molecule has 0 spiro atoms. The standard InChI is InChI=1S/C30H34N2O4S/c1-18-19(2)25-14-20(21-7-11-27-29(15-21)36-17-35-27)6-9-24(25)23(18)12-13-32(3)30(37)31-26-10-8-22(33-4)16-28(26)34-5/h6-11,14-16,18-19,23H,12-13,17H2,1-5H3,(H,31,37)/t18-,19?,23?/m1/s1. The lowest BCUT2D eigenvalue weighted by molar-refractivity contribution is 0.174. The predicted molar refractivity (Wildman–Crippen MR) is 151 cm³/mol. The van der Waals surface area contributed by atoms with Crippen molar-refractivity contribution in [3.63, 3.8) is 0 Å². The van der Waals surface area contributed by atoms with Crippen molar-refractivity contribution >= 4 is 23.0 Å². The first-order valence-electron chi connectivity index (χ1n) is 12.7. The maximum absolute atomic E-state index is 5.71. The van der Waals surface area contributed by atoms with Crippen LogP contribution < -0.4 is 24.3 Å². The number of nitrogens with zero attached hydrogens (tertiary/aromatic N) is 1. The minimum Gasteiger partial charge on any atom is -0.497 e. The molecule has 0 saturated heterocycles. The Balaban J connectivity index is 1.27. The summed E-state index contributed by atoms with van der Waals surface area (Å²) in [6.07, 6.45) is 1.03. The van der Waals surface area contributed by atoms with E-state index in [4.69, 9.17) is 31.2 Å². The topological polar surface area (TPSA) is 52.2 Å². The van der Waals surface area contributed by atoms with Crippen LogP contribution in [0, 0.1) is 5.92 Å². The third-order valence-corrected chi connectivity index (χ3v) is 8.29. The highest BCUT2D eigenvalue weighted by Gasteiger charge is 2.35. The third kappa shape index (κ3) is 4.92. The number of ether oxygens (including phenoxy) is 4. The summed E-state index contributed by atoms with van der Waals surface area (Å²) in [7, 11) is 5.32. The molecule has 3 aromatic carbocycles. The van der Waals surface area contributed by atoms with Gasteiger partial charge in [-0.3, -0.25) is 0 Å². The van der Waals surface area contributed by atoms with Crippen LogP contribution in [0.1, 0.15) is 43.2 Å². The summed E-state index contributed by atoms with van der Waals surface area (Å²) in [5, 5.41) is 4.00. The molecule has 194 valence electrons. The van der Waals surface area contributed by atoms with Gasteiger partial charge in [-0.2, -0.15) is 0 Å². The van der Waals surface area contributed by atoms with Crippen LogP contribution in [0.15, 0.2) is 54.6 Å². The van der Waals surface area contributed by atoms with Crippen molar-refractivity contribution in [2.45, 2.75) is 32.1 Å². The molecule has 5 rings (SSSR count). The maximum Gasteiger partial charge on any atom is 0.231 e. The molecule has 7 heteroatoms. The lowest BCUT2D eigenvalue weighted by atomic mass is 9.87. The van der Waals surface area contributed by atoms with Gasteiger partial charge in [-0.15, -0.1) is 0 Å². The van der Waals surface area contributed by atoms with E-state index in [9.17, 15) is 0 Å². The largest absolute Gasteiger partial charge is 0.497 e. The molecular weight excluding hydrogens is 484 g/mol. The summed E-state index contributed by atoms with van der Waals surface area (Å²) in [6.45, 7) is 5.86. The second kappa shape index (κ2) is 10.5. The van der Waals surface area contributed by atoms with Crippen LogP contribution in [0.4, 0.5) is 5.69 Å². The Morgan fingerprint density at radius 2 is 1.70 bits per heavy atom. The van der Waals surface area contributed by atoms with Gasteiger partial charge >= 0.3 is 0 Å². The van der Waals surface area contributed by atoms with E-state index < -0.39 is 0 Å². The number of methoxy groups -OCH3 is 2. The van der Waals surface area contributed by atoms with Crippen LogP contribution in [-0.2, 0) is 0 Å². The highest BCUT2D eigenvalue weighted by atomic mass is 32.1. The van der Waals surface area contributed by atoms with Crippen LogP contribution >= 0.6 is 12.2 Å². The fourth-order valence-electron chi connectivity index (χ4n) is 5.44. The Kier molecular flexibility index (Phi) is 7.15. The average molecular weight is 519 g/mol. The Hall–Kier alpha value is -3.45. The molecule has 3 atom stereocenters. The molecule has 37 heavy (non-hydrogen) atoms. The van der Waals surface area contributed by atoms with Crippen molar-refractivity contribution in [3.8, 4) is 34.1 Å². The molecule has 0 radical (unpaired) electrons. The molecule has 1 aliphatic carbocycles. The summed E-state index contributed by atoms with van der Waals surface area (Å²) in [5.74, 6) is 4.60. The quantitative estimate of drug-likeness (QED) is 0.351. The zero-order valence-corrected chi connectivity index (χ0v) is 22.9. The van der Waals surface area contributed by atoms with Crippen LogP contribution in [-0.4, -0.2) is 44.6 Å². The first-order valence-corrected chi connectivity index (χ1v) is 13.1. The minimum atomic E-state index is 0.292. The second-order valence-corrected chi connectivity index (χ2v) is 10.3. The number of hydrogen-bond acceptors (Lipinski definition) is 5. The van der Waals surface area contributed by atoms with E-state index in [-0.39, 0.29) is 0 Å². The first kappa shape index (κ1) is 25.2. The monoisotopic (exact) mass is 518 g/mol. The highest BCUT2D eigenvalue weighted by Crippen LogP contribution is 2.49. The molecule has 6 nitrogen and oxygen atoms in total. The number of nitrogens with one attached hydrogen (secondary N) is 1. The zero-order chi connectivity index (χ0) is 26.1. The van der Waals surface area contributed by atoms with E-state index in [0.29, 0.717) is 35.4 Å². The Morgan fingerprint density at radius 3 is 2.49 bits per heavy atom. The molecule has 0 saturated carbocycles. The SMILES string of the molecule is COc1ccc(NC(=S)N(C)CCC2c3ccc(-c4ccc5c(c4)OCO5)cc3C(C)[C@H]2C)c(OC)c1. The number of anilines is 1. The molecule has 1 aliphatic heterocycles. The van der Waals surface area contributed by atoms with Crippen molar-refractivity contribution in [3.05, 3.63) is 65.7 Å². The Labute approximate surface area is 224 Å². The van der Waals surface area contributed by atoms with Crippen molar-refractivity contribution in [1.29, 1.82) is 0 Å². The van der Waals surface area contributed by atoms with E-state index in [2.05, 4.69) is 54.4 Å². The molecule has 0 aromatic heterocycles. The number of benzene rings is 3. The molecular formula is C30H34N2O4S.